The molecule has 0 saturated heterocycles. The fraction of sp³-hybridized carbons (Fsp3) is 0.391. The van der Waals surface area contributed by atoms with Crippen LogP contribution in [0.3, 0.4) is 0 Å². The van der Waals surface area contributed by atoms with Crippen LogP contribution in [0.5, 0.6) is 0 Å². The predicted molar refractivity (Wildman–Crippen MR) is 113 cm³/mol. The van der Waals surface area contributed by atoms with Crippen molar-refractivity contribution in [2.45, 2.75) is 37.3 Å². The number of nitrogens with two attached hydrogens (primary N) is 1. The van der Waals surface area contributed by atoms with Gasteiger partial charge < -0.3 is 5.73 Å². The Hall–Kier alpha value is -1.68. The van der Waals surface area contributed by atoms with Gasteiger partial charge in [-0.15, -0.1) is 11.3 Å². The molecule has 0 aliphatic heterocycles. The second-order valence-corrected chi connectivity index (χ2v) is 8.79. The van der Waals surface area contributed by atoms with E-state index in [0.717, 1.165) is 25.7 Å². The molecular formula is C23H28N2S. The Bertz CT molecular complexity index is 870. The molecule has 3 atom stereocenters. The van der Waals surface area contributed by atoms with Gasteiger partial charge in [0.15, 0.2) is 0 Å². The maximum absolute atomic E-state index is 6.45. The number of benzene rings is 2. The molecule has 1 heterocycles. The number of fused-ring (bicyclic) bond motifs is 1. The molecule has 4 rings (SSSR count). The first kappa shape index (κ1) is 17.7. The highest BCUT2D eigenvalue weighted by molar-refractivity contribution is 7.17. The second kappa shape index (κ2) is 7.15. The fourth-order valence-electron chi connectivity index (χ4n) is 4.95. The zero-order valence-corrected chi connectivity index (χ0v) is 16.5. The lowest BCUT2D eigenvalue weighted by Crippen LogP contribution is -2.53. The smallest absolute Gasteiger partial charge is 0.0487 e. The minimum atomic E-state index is 0.0557. The van der Waals surface area contributed by atoms with Gasteiger partial charge in [0, 0.05) is 16.3 Å². The Kier molecular flexibility index (Phi) is 4.87. The summed E-state index contributed by atoms with van der Waals surface area (Å²) in [4.78, 5) is 2.45. The lowest BCUT2D eigenvalue weighted by molar-refractivity contribution is 0.0267. The predicted octanol–water partition coefficient (Wildman–Crippen LogP) is 5.03. The monoisotopic (exact) mass is 364 g/mol. The molecule has 1 saturated carbocycles. The van der Waals surface area contributed by atoms with Gasteiger partial charge in [0.2, 0.25) is 0 Å². The van der Waals surface area contributed by atoms with Crippen LogP contribution in [0.2, 0.25) is 0 Å². The molecule has 0 radical (unpaired) electrons. The molecule has 3 aromatic rings. The van der Waals surface area contributed by atoms with Gasteiger partial charge >= 0.3 is 0 Å². The molecule has 3 unspecified atom stereocenters. The molecule has 1 aromatic heterocycles. The molecule has 3 heteroatoms. The summed E-state index contributed by atoms with van der Waals surface area (Å²) in [5, 5.41) is 3.77. The summed E-state index contributed by atoms with van der Waals surface area (Å²) in [6.45, 7) is 0. The van der Waals surface area contributed by atoms with Crippen LogP contribution in [-0.4, -0.2) is 25.0 Å². The molecular weight excluding hydrogens is 336 g/mol. The highest BCUT2D eigenvalue weighted by Gasteiger charge is 2.45. The summed E-state index contributed by atoms with van der Waals surface area (Å²) in [7, 11) is 4.48. The zero-order valence-electron chi connectivity index (χ0n) is 15.7. The first-order valence-corrected chi connectivity index (χ1v) is 10.4. The van der Waals surface area contributed by atoms with Gasteiger partial charge in [-0.2, -0.15) is 0 Å². The van der Waals surface area contributed by atoms with Crippen molar-refractivity contribution < 1.29 is 0 Å². The molecule has 2 aromatic carbocycles. The number of hydrogen-bond donors (Lipinski definition) is 1. The first-order chi connectivity index (χ1) is 12.6. The van der Waals surface area contributed by atoms with E-state index in [1.165, 1.54) is 21.2 Å². The van der Waals surface area contributed by atoms with Crippen molar-refractivity contribution in [1.29, 1.82) is 0 Å². The molecule has 2 nitrogen and oxygen atoms in total. The van der Waals surface area contributed by atoms with E-state index >= 15 is 0 Å². The maximum atomic E-state index is 6.45. The van der Waals surface area contributed by atoms with Crippen LogP contribution < -0.4 is 5.73 Å². The first-order valence-electron chi connectivity index (χ1n) is 9.55. The van der Waals surface area contributed by atoms with Gasteiger partial charge in [-0.05, 0) is 73.7 Å². The van der Waals surface area contributed by atoms with E-state index in [0.29, 0.717) is 12.0 Å². The number of nitrogens with zero attached hydrogens (tertiary/aromatic N) is 1. The van der Waals surface area contributed by atoms with Crippen molar-refractivity contribution in [3.8, 4) is 0 Å². The molecule has 2 N–H and O–H groups in total. The third-order valence-electron chi connectivity index (χ3n) is 6.26. The minimum absolute atomic E-state index is 0.0557. The normalized spacial score (nSPS) is 26.5. The summed E-state index contributed by atoms with van der Waals surface area (Å²) in [5.41, 5.74) is 9.42. The van der Waals surface area contributed by atoms with Crippen molar-refractivity contribution in [1.82, 2.24) is 4.90 Å². The lowest BCUT2D eigenvalue weighted by atomic mass is 9.65. The Morgan fingerprint density at radius 1 is 1.08 bits per heavy atom. The largest absolute Gasteiger partial charge is 0.328 e. The minimum Gasteiger partial charge on any atom is -0.328 e. The van der Waals surface area contributed by atoms with E-state index < -0.39 is 0 Å². The lowest BCUT2D eigenvalue weighted by Gasteiger charge is -2.51. The Balaban J connectivity index is 1.77. The molecule has 1 aliphatic rings. The second-order valence-electron chi connectivity index (χ2n) is 7.88. The van der Waals surface area contributed by atoms with Crippen molar-refractivity contribution >= 4 is 21.4 Å². The van der Waals surface area contributed by atoms with Crippen LogP contribution in [0, 0.1) is 5.92 Å². The molecule has 0 bridgehead atoms. The summed E-state index contributed by atoms with van der Waals surface area (Å²) >= 11 is 1.86. The van der Waals surface area contributed by atoms with Gasteiger partial charge in [-0.1, -0.05) is 48.5 Å². The van der Waals surface area contributed by atoms with Crippen LogP contribution >= 0.6 is 11.3 Å². The highest BCUT2D eigenvalue weighted by atomic mass is 32.1. The topological polar surface area (TPSA) is 29.3 Å². The van der Waals surface area contributed by atoms with Gasteiger partial charge in [0.25, 0.3) is 0 Å². The molecule has 1 fully saturated rings. The summed E-state index contributed by atoms with van der Waals surface area (Å²) < 4.78 is 1.39. The Morgan fingerprint density at radius 3 is 2.58 bits per heavy atom. The van der Waals surface area contributed by atoms with Crippen LogP contribution in [0.15, 0.2) is 60.0 Å². The van der Waals surface area contributed by atoms with Crippen LogP contribution in [0.25, 0.3) is 10.1 Å². The van der Waals surface area contributed by atoms with Crippen molar-refractivity contribution in [2.75, 3.05) is 14.1 Å². The number of rotatable bonds is 4. The molecule has 1 aliphatic carbocycles. The SMILES string of the molecule is CN(C)C1(c2ccccc2)CCC(N)CC1Cc1csc2ccccc12. The quantitative estimate of drug-likeness (QED) is 0.703. The number of hydrogen-bond acceptors (Lipinski definition) is 3. The average molecular weight is 365 g/mol. The summed E-state index contributed by atoms with van der Waals surface area (Å²) in [6.07, 6.45) is 4.38. The molecule has 26 heavy (non-hydrogen) atoms. The van der Waals surface area contributed by atoms with Crippen molar-refractivity contribution in [3.63, 3.8) is 0 Å². The van der Waals surface area contributed by atoms with E-state index in [-0.39, 0.29) is 5.54 Å². The van der Waals surface area contributed by atoms with Crippen molar-refractivity contribution in [3.05, 3.63) is 71.1 Å². The van der Waals surface area contributed by atoms with Gasteiger partial charge in [0.05, 0.1) is 0 Å². The van der Waals surface area contributed by atoms with Gasteiger partial charge in [-0.25, -0.2) is 0 Å². The van der Waals surface area contributed by atoms with Crippen molar-refractivity contribution in [2.24, 2.45) is 11.7 Å². The Labute approximate surface area is 160 Å². The molecule has 136 valence electrons. The Morgan fingerprint density at radius 2 is 1.81 bits per heavy atom. The van der Waals surface area contributed by atoms with Crippen LogP contribution in [0.1, 0.15) is 30.4 Å². The zero-order chi connectivity index (χ0) is 18.1. The fourth-order valence-corrected chi connectivity index (χ4v) is 5.93. The standard InChI is InChI=1S/C23H28N2S/c1-25(2)23(18-8-4-3-5-9-18)13-12-20(24)15-19(23)14-17-16-26-22-11-7-6-10-21(17)22/h3-11,16,19-20H,12-15,24H2,1-2H3. The summed E-state index contributed by atoms with van der Waals surface area (Å²) in [6, 6.07) is 20.2. The maximum Gasteiger partial charge on any atom is 0.0487 e. The van der Waals surface area contributed by atoms with E-state index in [1.807, 2.05) is 11.3 Å². The van der Waals surface area contributed by atoms with E-state index in [9.17, 15) is 0 Å². The highest BCUT2D eigenvalue weighted by Crippen LogP contribution is 2.47. The average Bonchev–Trinajstić information content (AvgIpc) is 3.06. The van der Waals surface area contributed by atoms with Crippen LogP contribution in [-0.2, 0) is 12.0 Å². The molecule has 0 spiro atoms. The van der Waals surface area contributed by atoms with E-state index in [2.05, 4.69) is 79.0 Å². The van der Waals surface area contributed by atoms with Crippen LogP contribution in [0.4, 0.5) is 0 Å². The van der Waals surface area contributed by atoms with Gasteiger partial charge in [0.1, 0.15) is 0 Å². The molecule has 0 amide bonds. The summed E-state index contributed by atoms with van der Waals surface area (Å²) in [5.74, 6) is 0.515. The van der Waals surface area contributed by atoms with Gasteiger partial charge in [-0.3, -0.25) is 4.90 Å². The van der Waals surface area contributed by atoms with E-state index in [4.69, 9.17) is 5.73 Å². The number of thiophene rings is 1. The third-order valence-corrected chi connectivity index (χ3v) is 7.27. The van der Waals surface area contributed by atoms with E-state index in [1.54, 1.807) is 0 Å². The third kappa shape index (κ3) is 2.98.